The van der Waals surface area contributed by atoms with Gasteiger partial charge in [-0.1, -0.05) is 0 Å². The van der Waals surface area contributed by atoms with Gasteiger partial charge in [0.25, 0.3) is 5.91 Å². The average molecular weight is 381 g/mol. The van der Waals surface area contributed by atoms with E-state index >= 15 is 0 Å². The number of rotatable bonds is 6. The Balaban J connectivity index is 0.00000288. The van der Waals surface area contributed by atoms with Crippen LogP contribution < -0.4 is 15.4 Å². The molecule has 3 N–H and O–H groups in total. The molecule has 1 heterocycles. The quantitative estimate of drug-likeness (QED) is 0.658. The molecule has 24 heavy (non-hydrogen) atoms. The van der Waals surface area contributed by atoms with Crippen LogP contribution in [0.5, 0.6) is 0 Å². The lowest BCUT2D eigenvalue weighted by Crippen LogP contribution is -2.46. The molecule has 1 aliphatic heterocycles. The fourth-order valence-corrected chi connectivity index (χ4v) is 2.93. The van der Waals surface area contributed by atoms with Crippen molar-refractivity contribution in [1.29, 1.82) is 0 Å². The molecule has 1 aromatic carbocycles. The predicted molar refractivity (Wildman–Crippen MR) is 93.8 cm³/mol. The number of nitrogens with zero attached hydrogens (tertiary/aromatic N) is 1. The van der Waals surface area contributed by atoms with Crippen molar-refractivity contribution in [3.8, 4) is 0 Å². The van der Waals surface area contributed by atoms with Crippen LogP contribution in [0.2, 0.25) is 0 Å². The Kier molecular flexibility index (Phi) is 7.88. The topological polar surface area (TPSA) is 90.5 Å². The zero-order valence-corrected chi connectivity index (χ0v) is 15.0. The zero-order valence-electron chi connectivity index (χ0n) is 13.3. The molecule has 0 saturated carbocycles. The van der Waals surface area contributed by atoms with Gasteiger partial charge >= 0.3 is 0 Å². The summed E-state index contributed by atoms with van der Waals surface area (Å²) >= 11 is 0. The molecule has 0 atom stereocenters. The Morgan fingerprint density at radius 3 is 2.62 bits per heavy atom. The molecular formula is C14H22ClFN4O3S. The monoisotopic (exact) mass is 380 g/mol. The lowest BCUT2D eigenvalue weighted by molar-refractivity contribution is 0.0947. The van der Waals surface area contributed by atoms with Gasteiger partial charge in [-0.25, -0.2) is 12.8 Å². The fourth-order valence-electron chi connectivity index (χ4n) is 2.35. The van der Waals surface area contributed by atoms with Crippen LogP contribution in [-0.4, -0.2) is 64.7 Å². The second-order valence-corrected chi connectivity index (χ2v) is 7.16. The van der Waals surface area contributed by atoms with Crippen molar-refractivity contribution in [2.75, 3.05) is 50.2 Å². The van der Waals surface area contributed by atoms with Crippen molar-refractivity contribution < 1.29 is 17.6 Å². The predicted octanol–water partition coefficient (Wildman–Crippen LogP) is 0.254. The summed E-state index contributed by atoms with van der Waals surface area (Å²) in [4.78, 5) is 14.4. The highest BCUT2D eigenvalue weighted by Gasteiger charge is 2.16. The highest BCUT2D eigenvalue weighted by atomic mass is 35.5. The fraction of sp³-hybridized carbons (Fsp3) is 0.500. The van der Waals surface area contributed by atoms with Gasteiger partial charge in [0.05, 0.1) is 17.5 Å². The smallest absolute Gasteiger partial charge is 0.253 e. The first kappa shape index (κ1) is 20.6. The zero-order chi connectivity index (χ0) is 16.9. The van der Waals surface area contributed by atoms with Gasteiger partial charge in [-0.2, -0.15) is 0 Å². The largest absolute Gasteiger partial charge is 0.351 e. The van der Waals surface area contributed by atoms with Gasteiger partial charge < -0.3 is 10.6 Å². The Labute approximate surface area is 147 Å². The maximum Gasteiger partial charge on any atom is 0.253 e. The minimum absolute atomic E-state index is 0. The molecule has 0 unspecified atom stereocenters. The van der Waals surface area contributed by atoms with E-state index in [1.165, 1.54) is 6.07 Å². The van der Waals surface area contributed by atoms with E-state index in [1.807, 2.05) is 0 Å². The summed E-state index contributed by atoms with van der Waals surface area (Å²) in [6.07, 6.45) is 0.975. The third kappa shape index (κ3) is 6.60. The Morgan fingerprint density at radius 2 is 2.00 bits per heavy atom. The lowest BCUT2D eigenvalue weighted by Gasteiger charge is -2.27. The average Bonchev–Trinajstić information content (AvgIpc) is 2.49. The summed E-state index contributed by atoms with van der Waals surface area (Å²) in [5, 5.41) is 5.94. The maximum absolute atomic E-state index is 13.4. The van der Waals surface area contributed by atoms with E-state index in [9.17, 15) is 17.6 Å². The molecular weight excluding hydrogens is 359 g/mol. The second kappa shape index (κ2) is 9.16. The van der Waals surface area contributed by atoms with Crippen LogP contribution in [0.1, 0.15) is 10.4 Å². The molecule has 1 fully saturated rings. The first-order chi connectivity index (χ1) is 10.8. The van der Waals surface area contributed by atoms with Gasteiger partial charge in [0.1, 0.15) is 5.82 Å². The van der Waals surface area contributed by atoms with Gasteiger partial charge in [-0.05, 0) is 18.2 Å². The SMILES string of the molecule is CS(=O)(=O)Nc1ccc(F)cc1C(=O)NCCN1CCNCC1.Cl. The number of benzene rings is 1. The third-order valence-electron chi connectivity index (χ3n) is 3.44. The van der Waals surface area contributed by atoms with Gasteiger partial charge in [-0.3, -0.25) is 14.4 Å². The molecule has 1 amide bonds. The third-order valence-corrected chi connectivity index (χ3v) is 4.04. The molecule has 7 nitrogen and oxygen atoms in total. The minimum Gasteiger partial charge on any atom is -0.351 e. The highest BCUT2D eigenvalue weighted by molar-refractivity contribution is 7.92. The van der Waals surface area contributed by atoms with Crippen LogP contribution in [-0.2, 0) is 10.0 Å². The molecule has 2 rings (SSSR count). The summed E-state index contributed by atoms with van der Waals surface area (Å²) in [7, 11) is -3.55. The van der Waals surface area contributed by atoms with Gasteiger partial charge in [0.2, 0.25) is 10.0 Å². The number of nitrogens with one attached hydrogen (secondary N) is 3. The number of sulfonamides is 1. The molecule has 1 aliphatic rings. The van der Waals surface area contributed by atoms with E-state index in [0.717, 1.165) is 44.6 Å². The molecule has 0 aromatic heterocycles. The molecule has 0 bridgehead atoms. The summed E-state index contributed by atoms with van der Waals surface area (Å²) in [5.74, 6) is -1.11. The van der Waals surface area contributed by atoms with Crippen molar-refractivity contribution in [3.63, 3.8) is 0 Å². The Bertz CT molecular complexity index is 666. The van der Waals surface area contributed by atoms with Crippen molar-refractivity contribution in [2.45, 2.75) is 0 Å². The van der Waals surface area contributed by atoms with E-state index in [1.54, 1.807) is 0 Å². The highest BCUT2D eigenvalue weighted by Crippen LogP contribution is 2.18. The van der Waals surface area contributed by atoms with Crippen LogP contribution >= 0.6 is 12.4 Å². The lowest BCUT2D eigenvalue weighted by atomic mass is 10.1. The van der Waals surface area contributed by atoms with Gasteiger partial charge in [-0.15, -0.1) is 12.4 Å². The van der Waals surface area contributed by atoms with Gasteiger partial charge in [0.15, 0.2) is 0 Å². The van der Waals surface area contributed by atoms with E-state index < -0.39 is 21.7 Å². The summed E-state index contributed by atoms with van der Waals surface area (Å²) in [6, 6.07) is 3.36. The van der Waals surface area contributed by atoms with Gasteiger partial charge in [0, 0.05) is 39.3 Å². The second-order valence-electron chi connectivity index (χ2n) is 5.41. The first-order valence-electron chi connectivity index (χ1n) is 7.34. The van der Waals surface area contributed by atoms with Crippen LogP contribution in [0, 0.1) is 5.82 Å². The molecule has 1 saturated heterocycles. The molecule has 0 radical (unpaired) electrons. The number of piperazine rings is 1. The maximum atomic E-state index is 13.4. The standard InChI is InChI=1S/C14H21FN4O3S.ClH/c1-23(21,22)18-13-3-2-11(15)10-12(13)14(20)17-6-9-19-7-4-16-5-8-19;/h2-3,10,16,18H,4-9H2,1H3,(H,17,20);1H. The number of anilines is 1. The van der Waals surface area contributed by atoms with Crippen LogP contribution in [0.4, 0.5) is 10.1 Å². The molecule has 0 spiro atoms. The van der Waals surface area contributed by atoms with Crippen LogP contribution in [0.3, 0.4) is 0 Å². The van der Waals surface area contributed by atoms with E-state index in [2.05, 4.69) is 20.3 Å². The number of hydrogen-bond acceptors (Lipinski definition) is 5. The summed E-state index contributed by atoms with van der Waals surface area (Å²) < 4.78 is 38.3. The van der Waals surface area contributed by atoms with E-state index in [4.69, 9.17) is 0 Å². The van der Waals surface area contributed by atoms with Crippen molar-refractivity contribution in [2.24, 2.45) is 0 Å². The number of carbonyl (C=O) groups excluding carboxylic acids is 1. The summed E-state index contributed by atoms with van der Waals surface area (Å²) in [6.45, 7) is 4.76. The number of carbonyl (C=O) groups is 1. The summed E-state index contributed by atoms with van der Waals surface area (Å²) in [5.41, 5.74) is 0.0318. The molecule has 1 aromatic rings. The first-order valence-corrected chi connectivity index (χ1v) is 9.23. The van der Waals surface area contributed by atoms with Crippen molar-refractivity contribution >= 4 is 34.0 Å². The molecule has 136 valence electrons. The molecule has 10 heteroatoms. The van der Waals surface area contributed by atoms with Crippen molar-refractivity contribution in [3.05, 3.63) is 29.6 Å². The Hall–Kier alpha value is -1.42. The minimum atomic E-state index is -3.55. The van der Waals surface area contributed by atoms with E-state index in [-0.39, 0.29) is 23.7 Å². The van der Waals surface area contributed by atoms with Crippen LogP contribution in [0.15, 0.2) is 18.2 Å². The van der Waals surface area contributed by atoms with Crippen LogP contribution in [0.25, 0.3) is 0 Å². The van der Waals surface area contributed by atoms with Crippen molar-refractivity contribution in [1.82, 2.24) is 15.5 Å². The number of amides is 1. The normalized spacial score (nSPS) is 15.4. The Morgan fingerprint density at radius 1 is 1.33 bits per heavy atom. The number of hydrogen-bond donors (Lipinski definition) is 3. The molecule has 0 aliphatic carbocycles. The van der Waals surface area contributed by atoms with E-state index in [0.29, 0.717) is 13.1 Å². The number of halogens is 2.